The number of benzene rings is 2. The van der Waals surface area contributed by atoms with Crippen molar-refractivity contribution in [2.75, 3.05) is 0 Å². The van der Waals surface area contributed by atoms with E-state index in [1.54, 1.807) is 12.1 Å². The summed E-state index contributed by atoms with van der Waals surface area (Å²) in [6.45, 7) is 2.13. The molecule has 1 unspecified atom stereocenters. The second-order valence-corrected chi connectivity index (χ2v) is 7.14. The second kappa shape index (κ2) is 7.40. The van der Waals surface area contributed by atoms with E-state index < -0.39 is 0 Å². The maximum absolute atomic E-state index is 11.1. The summed E-state index contributed by atoms with van der Waals surface area (Å²) in [5, 5.41) is 13.2. The summed E-state index contributed by atoms with van der Waals surface area (Å²) in [7, 11) is 0. The van der Waals surface area contributed by atoms with Crippen LogP contribution in [0.4, 0.5) is 5.69 Å². The van der Waals surface area contributed by atoms with E-state index >= 15 is 0 Å². The zero-order chi connectivity index (χ0) is 19.7. The molecule has 0 fully saturated rings. The van der Waals surface area contributed by atoms with Gasteiger partial charge in [0, 0.05) is 46.6 Å². The highest BCUT2D eigenvalue weighted by molar-refractivity contribution is 6.07. The van der Waals surface area contributed by atoms with Crippen molar-refractivity contribution >= 4 is 27.6 Å². The van der Waals surface area contributed by atoms with E-state index in [0.29, 0.717) is 0 Å². The first-order chi connectivity index (χ1) is 13.5. The predicted octanol–water partition coefficient (Wildman–Crippen LogP) is 4.96. The van der Waals surface area contributed by atoms with Crippen LogP contribution in [-0.4, -0.2) is 20.9 Å². The van der Waals surface area contributed by atoms with Gasteiger partial charge in [0.1, 0.15) is 5.65 Å². The molecular weight excluding hydrogens is 352 g/mol. The summed E-state index contributed by atoms with van der Waals surface area (Å²) in [4.78, 5) is 18.8. The Bertz CT molecular complexity index is 1170. The van der Waals surface area contributed by atoms with Gasteiger partial charge >= 0.3 is 0 Å². The lowest BCUT2D eigenvalue weighted by atomic mass is 10.0. The molecule has 2 aromatic heterocycles. The van der Waals surface area contributed by atoms with Gasteiger partial charge in [-0.1, -0.05) is 31.5 Å². The van der Waals surface area contributed by atoms with Gasteiger partial charge in [-0.2, -0.15) is 0 Å². The van der Waals surface area contributed by atoms with Crippen molar-refractivity contribution in [3.05, 3.63) is 70.4 Å². The van der Waals surface area contributed by atoms with Crippen molar-refractivity contribution < 1.29 is 4.92 Å². The largest absolute Gasteiger partial charge is 0.339 e. The molecule has 142 valence electrons. The van der Waals surface area contributed by atoms with Crippen LogP contribution in [-0.2, 0) is 6.42 Å². The van der Waals surface area contributed by atoms with E-state index in [9.17, 15) is 10.1 Å². The van der Waals surface area contributed by atoms with Crippen LogP contribution >= 0.6 is 0 Å². The minimum Gasteiger partial charge on any atom is -0.339 e. The predicted molar refractivity (Wildman–Crippen MR) is 112 cm³/mol. The third kappa shape index (κ3) is 3.46. The summed E-state index contributed by atoms with van der Waals surface area (Å²) in [6, 6.07) is 16.9. The number of fused-ring (bicyclic) bond motifs is 3. The van der Waals surface area contributed by atoms with Gasteiger partial charge < -0.3 is 10.7 Å². The van der Waals surface area contributed by atoms with Gasteiger partial charge in [-0.05, 0) is 41.8 Å². The maximum Gasteiger partial charge on any atom is 0.270 e. The van der Waals surface area contributed by atoms with E-state index in [1.165, 1.54) is 6.07 Å². The van der Waals surface area contributed by atoms with Crippen molar-refractivity contribution in [3.63, 3.8) is 0 Å². The molecule has 0 amide bonds. The van der Waals surface area contributed by atoms with Crippen molar-refractivity contribution in [1.29, 1.82) is 0 Å². The third-order valence-corrected chi connectivity index (χ3v) is 5.04. The molecule has 6 nitrogen and oxygen atoms in total. The van der Waals surface area contributed by atoms with Crippen molar-refractivity contribution in [3.8, 4) is 11.1 Å². The fourth-order valence-corrected chi connectivity index (χ4v) is 3.65. The lowest BCUT2D eigenvalue weighted by Gasteiger charge is -2.09. The fourth-order valence-electron chi connectivity index (χ4n) is 3.65. The molecule has 28 heavy (non-hydrogen) atoms. The Kier molecular flexibility index (Phi) is 4.79. The van der Waals surface area contributed by atoms with Crippen molar-refractivity contribution in [1.82, 2.24) is 9.97 Å². The van der Waals surface area contributed by atoms with E-state index in [2.05, 4.69) is 24.0 Å². The maximum atomic E-state index is 11.1. The highest BCUT2D eigenvalue weighted by Crippen LogP contribution is 2.31. The number of aromatic nitrogens is 2. The molecule has 3 N–H and O–H groups in total. The summed E-state index contributed by atoms with van der Waals surface area (Å²) in [5.41, 5.74) is 10.8. The molecule has 0 aliphatic carbocycles. The first kappa shape index (κ1) is 18.1. The Labute approximate surface area is 162 Å². The Morgan fingerprint density at radius 1 is 1.11 bits per heavy atom. The molecule has 0 bridgehead atoms. The third-order valence-electron chi connectivity index (χ3n) is 5.04. The zero-order valence-corrected chi connectivity index (χ0v) is 15.7. The van der Waals surface area contributed by atoms with Crippen LogP contribution in [0, 0.1) is 10.1 Å². The summed E-state index contributed by atoms with van der Waals surface area (Å²) in [5.74, 6) is 0. The lowest BCUT2D eigenvalue weighted by Crippen LogP contribution is -2.22. The minimum atomic E-state index is -0.373. The molecule has 6 heteroatoms. The van der Waals surface area contributed by atoms with Gasteiger partial charge in [0.25, 0.3) is 5.69 Å². The normalized spacial score (nSPS) is 12.5. The number of aromatic amines is 1. The Hall–Kier alpha value is -3.25. The molecular formula is C22H22N4O2. The Morgan fingerprint density at radius 3 is 2.71 bits per heavy atom. The Morgan fingerprint density at radius 2 is 1.93 bits per heavy atom. The van der Waals surface area contributed by atoms with Crippen LogP contribution < -0.4 is 5.73 Å². The first-order valence-electron chi connectivity index (χ1n) is 9.47. The number of nitro groups is 1. The fraction of sp³-hybridized carbons (Fsp3) is 0.227. The van der Waals surface area contributed by atoms with Crippen LogP contribution in [0.1, 0.15) is 25.5 Å². The van der Waals surface area contributed by atoms with Crippen molar-refractivity contribution in [2.45, 2.75) is 32.2 Å². The zero-order valence-electron chi connectivity index (χ0n) is 15.7. The monoisotopic (exact) mass is 374 g/mol. The van der Waals surface area contributed by atoms with Crippen molar-refractivity contribution in [2.24, 2.45) is 5.73 Å². The average Bonchev–Trinajstić information content (AvgIpc) is 3.05. The number of nitrogens with zero attached hydrogens (tertiary/aromatic N) is 2. The number of nitrogens with one attached hydrogen (secondary N) is 1. The topological polar surface area (TPSA) is 97.8 Å². The number of hydrogen-bond donors (Lipinski definition) is 2. The molecule has 0 saturated carbocycles. The molecule has 2 aromatic carbocycles. The quantitative estimate of drug-likeness (QED) is 0.368. The number of hydrogen-bond acceptors (Lipinski definition) is 4. The number of non-ortho nitro benzene ring substituents is 1. The van der Waals surface area contributed by atoms with E-state index in [-0.39, 0.29) is 16.7 Å². The summed E-state index contributed by atoms with van der Waals surface area (Å²) < 4.78 is 0. The Balaban J connectivity index is 1.74. The SMILES string of the molecule is CCCC(N)Cc1ccc2c(n1)[nH]c1ccc(-c3cccc([N+](=O)[O-])c3)cc12. The van der Waals surface area contributed by atoms with Crippen LogP contribution in [0.25, 0.3) is 33.1 Å². The molecule has 4 rings (SSSR count). The van der Waals surface area contributed by atoms with Gasteiger partial charge in [-0.25, -0.2) is 4.98 Å². The van der Waals surface area contributed by atoms with Crippen LogP contribution in [0.5, 0.6) is 0 Å². The molecule has 0 saturated heterocycles. The summed E-state index contributed by atoms with van der Waals surface area (Å²) >= 11 is 0. The van der Waals surface area contributed by atoms with Gasteiger partial charge in [-0.3, -0.25) is 10.1 Å². The van der Waals surface area contributed by atoms with Crippen LogP contribution in [0.2, 0.25) is 0 Å². The van der Waals surface area contributed by atoms with E-state index in [0.717, 1.165) is 58.0 Å². The number of H-pyrrole nitrogens is 1. The standard InChI is InChI=1S/C22H22N4O2/c1-2-4-16(23)13-17-8-9-19-20-12-15(7-10-21(20)25-22(19)24-17)14-5-3-6-18(11-14)26(27)28/h3,5-12,16H,2,4,13,23H2,1H3,(H,24,25). The van der Waals surface area contributed by atoms with Gasteiger partial charge in [-0.15, -0.1) is 0 Å². The van der Waals surface area contributed by atoms with Gasteiger partial charge in [0.2, 0.25) is 0 Å². The number of nitro benzene ring substituents is 1. The molecule has 0 aliphatic heterocycles. The van der Waals surface area contributed by atoms with E-state index in [1.807, 2.05) is 24.3 Å². The smallest absolute Gasteiger partial charge is 0.270 e. The van der Waals surface area contributed by atoms with Crippen LogP contribution in [0.15, 0.2) is 54.6 Å². The highest BCUT2D eigenvalue weighted by atomic mass is 16.6. The molecule has 4 aromatic rings. The van der Waals surface area contributed by atoms with E-state index in [4.69, 9.17) is 10.7 Å². The lowest BCUT2D eigenvalue weighted by molar-refractivity contribution is -0.384. The van der Waals surface area contributed by atoms with Gasteiger partial charge in [0.15, 0.2) is 0 Å². The van der Waals surface area contributed by atoms with Gasteiger partial charge in [0.05, 0.1) is 4.92 Å². The molecule has 0 spiro atoms. The molecule has 2 heterocycles. The minimum absolute atomic E-state index is 0.0891. The number of nitrogens with two attached hydrogens (primary N) is 1. The first-order valence-corrected chi connectivity index (χ1v) is 9.47. The number of rotatable bonds is 6. The highest BCUT2D eigenvalue weighted by Gasteiger charge is 2.12. The number of pyridine rings is 1. The second-order valence-electron chi connectivity index (χ2n) is 7.14. The molecule has 0 radical (unpaired) electrons. The molecule has 1 atom stereocenters. The molecule has 0 aliphatic rings. The van der Waals surface area contributed by atoms with Crippen LogP contribution in [0.3, 0.4) is 0 Å². The average molecular weight is 374 g/mol. The summed E-state index contributed by atoms with van der Waals surface area (Å²) in [6.07, 6.45) is 2.81.